The molecule has 13 heteroatoms. The van der Waals surface area contributed by atoms with Crippen LogP contribution >= 0.6 is 11.6 Å². The molecule has 0 radical (unpaired) electrons. The molecule has 0 aliphatic carbocycles. The molecule has 2 rings (SSSR count). The van der Waals surface area contributed by atoms with Crippen molar-refractivity contribution in [3.63, 3.8) is 0 Å². The lowest BCUT2D eigenvalue weighted by Crippen LogP contribution is -2.41. The van der Waals surface area contributed by atoms with Crippen LogP contribution in [-0.2, 0) is 13.2 Å². The number of hydrogen-bond donors (Lipinski definition) is 1. The van der Waals surface area contributed by atoms with E-state index >= 15 is 0 Å². The van der Waals surface area contributed by atoms with Crippen molar-refractivity contribution < 1.29 is 27.6 Å². The number of rotatable bonds is 2. The standard InChI is InChI=1S/C12H6ClF4N3O5/c1-18-6(12(15,16)17)3-7(21)19(11(18)23)9-5(14)2-4(13)8(10(9)22)20(24)25/h2-3,22H,1H3. The van der Waals surface area contributed by atoms with Crippen molar-refractivity contribution >= 4 is 17.3 Å². The molecule has 0 amide bonds. The Morgan fingerprint density at radius 3 is 2.32 bits per heavy atom. The molecule has 2 aromatic rings. The quantitative estimate of drug-likeness (QED) is 0.484. The summed E-state index contributed by atoms with van der Waals surface area (Å²) in [4.78, 5) is 33.6. The highest BCUT2D eigenvalue weighted by molar-refractivity contribution is 6.33. The van der Waals surface area contributed by atoms with E-state index in [1.807, 2.05) is 0 Å². The van der Waals surface area contributed by atoms with E-state index in [1.165, 1.54) is 0 Å². The SMILES string of the molecule is Cn1c(C(F)(F)F)cc(=O)n(-c2c(F)cc(Cl)c([N+](=O)[O-])c2O)c1=O. The Balaban J connectivity index is 2.98. The van der Waals surface area contributed by atoms with Gasteiger partial charge >= 0.3 is 17.6 Å². The third-order valence-electron chi connectivity index (χ3n) is 3.17. The summed E-state index contributed by atoms with van der Waals surface area (Å²) in [6.45, 7) is 0. The number of nitrogens with zero attached hydrogens (tertiary/aromatic N) is 3. The topological polar surface area (TPSA) is 107 Å². The van der Waals surface area contributed by atoms with Gasteiger partial charge in [0.05, 0.1) is 4.92 Å². The van der Waals surface area contributed by atoms with E-state index in [2.05, 4.69) is 0 Å². The number of aromatic nitrogens is 2. The highest BCUT2D eigenvalue weighted by Gasteiger charge is 2.36. The minimum atomic E-state index is -5.06. The zero-order valence-electron chi connectivity index (χ0n) is 12.0. The second-order valence-electron chi connectivity index (χ2n) is 4.69. The number of halogens is 5. The number of benzene rings is 1. The third kappa shape index (κ3) is 2.95. The van der Waals surface area contributed by atoms with Crippen molar-refractivity contribution in [2.45, 2.75) is 6.18 Å². The van der Waals surface area contributed by atoms with Gasteiger partial charge in [0.25, 0.3) is 5.56 Å². The van der Waals surface area contributed by atoms with Crippen LogP contribution < -0.4 is 11.2 Å². The first-order valence-corrected chi connectivity index (χ1v) is 6.51. The van der Waals surface area contributed by atoms with E-state index in [4.69, 9.17) is 11.6 Å². The van der Waals surface area contributed by atoms with Gasteiger partial charge in [0, 0.05) is 19.2 Å². The smallest absolute Gasteiger partial charge is 0.431 e. The fourth-order valence-electron chi connectivity index (χ4n) is 2.08. The van der Waals surface area contributed by atoms with E-state index < -0.39 is 56.0 Å². The second kappa shape index (κ2) is 5.88. The Labute approximate surface area is 139 Å². The molecule has 1 heterocycles. The molecule has 0 spiro atoms. The number of nitro benzene ring substituents is 1. The van der Waals surface area contributed by atoms with E-state index in [-0.39, 0.29) is 15.2 Å². The van der Waals surface area contributed by atoms with Crippen LogP contribution in [0.4, 0.5) is 23.2 Å². The van der Waals surface area contributed by atoms with Crippen molar-refractivity contribution in [3.05, 3.63) is 59.6 Å². The van der Waals surface area contributed by atoms with Crippen molar-refractivity contribution in [1.29, 1.82) is 0 Å². The number of nitro groups is 1. The molecule has 0 atom stereocenters. The van der Waals surface area contributed by atoms with E-state index in [1.54, 1.807) is 0 Å². The van der Waals surface area contributed by atoms with Crippen LogP contribution in [0, 0.1) is 15.9 Å². The number of aromatic hydroxyl groups is 1. The first-order chi connectivity index (χ1) is 11.4. The van der Waals surface area contributed by atoms with Gasteiger partial charge in [-0.15, -0.1) is 0 Å². The monoisotopic (exact) mass is 383 g/mol. The zero-order valence-corrected chi connectivity index (χ0v) is 12.7. The van der Waals surface area contributed by atoms with Gasteiger partial charge in [0.15, 0.2) is 5.82 Å². The van der Waals surface area contributed by atoms with Crippen LogP contribution in [0.2, 0.25) is 5.02 Å². The van der Waals surface area contributed by atoms with Crippen molar-refractivity contribution in [1.82, 2.24) is 9.13 Å². The Bertz CT molecular complexity index is 1010. The Kier molecular flexibility index (Phi) is 4.34. The van der Waals surface area contributed by atoms with Crippen LogP contribution in [-0.4, -0.2) is 19.2 Å². The van der Waals surface area contributed by atoms with Gasteiger partial charge in [0.1, 0.15) is 16.4 Å². The van der Waals surface area contributed by atoms with Crippen LogP contribution in [0.5, 0.6) is 5.75 Å². The summed E-state index contributed by atoms with van der Waals surface area (Å²) in [6, 6.07) is 0.332. The Hall–Kier alpha value is -2.89. The molecular weight excluding hydrogens is 378 g/mol. The minimum absolute atomic E-state index is 0.0132. The van der Waals surface area contributed by atoms with Gasteiger partial charge in [-0.25, -0.2) is 13.8 Å². The normalized spacial score (nSPS) is 11.6. The van der Waals surface area contributed by atoms with E-state index in [0.29, 0.717) is 13.1 Å². The molecule has 0 bridgehead atoms. The first kappa shape index (κ1) is 18.4. The van der Waals surface area contributed by atoms with Crippen molar-refractivity contribution in [2.24, 2.45) is 7.05 Å². The second-order valence-corrected chi connectivity index (χ2v) is 5.09. The van der Waals surface area contributed by atoms with Crippen molar-refractivity contribution in [3.8, 4) is 11.4 Å². The van der Waals surface area contributed by atoms with Crippen LogP contribution in [0.1, 0.15) is 5.69 Å². The number of hydrogen-bond acceptors (Lipinski definition) is 5. The van der Waals surface area contributed by atoms with Crippen LogP contribution in [0.25, 0.3) is 5.69 Å². The molecule has 25 heavy (non-hydrogen) atoms. The van der Waals surface area contributed by atoms with Gasteiger partial charge in [0.2, 0.25) is 5.75 Å². The summed E-state index contributed by atoms with van der Waals surface area (Å²) >= 11 is 5.42. The Morgan fingerprint density at radius 1 is 1.28 bits per heavy atom. The summed E-state index contributed by atoms with van der Waals surface area (Å²) in [7, 11) is 0.653. The number of phenolic OH excluding ortho intramolecular Hbond substituents is 1. The third-order valence-corrected chi connectivity index (χ3v) is 3.46. The predicted molar refractivity (Wildman–Crippen MR) is 75.6 cm³/mol. The maximum Gasteiger partial charge on any atom is 0.431 e. The fraction of sp³-hybridized carbons (Fsp3) is 0.167. The molecule has 0 fully saturated rings. The summed E-state index contributed by atoms with van der Waals surface area (Å²) in [5, 5.41) is 19.9. The highest BCUT2D eigenvalue weighted by atomic mass is 35.5. The molecule has 0 saturated heterocycles. The van der Waals surface area contributed by atoms with Gasteiger partial charge in [-0.05, 0) is 0 Å². The van der Waals surface area contributed by atoms with Gasteiger partial charge < -0.3 is 5.11 Å². The summed E-state index contributed by atoms with van der Waals surface area (Å²) in [5.74, 6) is -3.00. The number of alkyl halides is 3. The fourth-order valence-corrected chi connectivity index (χ4v) is 2.33. The summed E-state index contributed by atoms with van der Waals surface area (Å²) < 4.78 is 52.3. The van der Waals surface area contributed by atoms with E-state index in [0.717, 1.165) is 0 Å². The minimum Gasteiger partial charge on any atom is -0.501 e. The molecular formula is C12H6ClF4N3O5. The van der Waals surface area contributed by atoms with E-state index in [9.17, 15) is 42.4 Å². The lowest BCUT2D eigenvalue weighted by atomic mass is 10.2. The van der Waals surface area contributed by atoms with Crippen molar-refractivity contribution in [2.75, 3.05) is 0 Å². The largest absolute Gasteiger partial charge is 0.501 e. The van der Waals surface area contributed by atoms with Gasteiger partial charge in [-0.1, -0.05) is 11.6 Å². The molecule has 8 nitrogen and oxygen atoms in total. The molecule has 1 aromatic carbocycles. The average Bonchev–Trinajstić information content (AvgIpc) is 2.44. The molecule has 0 saturated carbocycles. The van der Waals surface area contributed by atoms with Gasteiger partial charge in [-0.2, -0.15) is 13.2 Å². The van der Waals surface area contributed by atoms with Gasteiger partial charge in [-0.3, -0.25) is 19.5 Å². The maximum absolute atomic E-state index is 14.1. The van der Waals surface area contributed by atoms with Crippen LogP contribution in [0.15, 0.2) is 21.7 Å². The molecule has 0 aliphatic heterocycles. The molecule has 134 valence electrons. The molecule has 1 aromatic heterocycles. The summed E-state index contributed by atoms with van der Waals surface area (Å²) in [5.41, 5.74) is -7.45. The first-order valence-electron chi connectivity index (χ1n) is 6.14. The maximum atomic E-state index is 14.1. The van der Waals surface area contributed by atoms with Crippen LogP contribution in [0.3, 0.4) is 0 Å². The molecule has 0 aliphatic rings. The lowest BCUT2D eigenvalue weighted by Gasteiger charge is -2.15. The average molecular weight is 384 g/mol. The molecule has 1 N–H and O–H groups in total. The summed E-state index contributed by atoms with van der Waals surface area (Å²) in [6.07, 6.45) is -5.06. The zero-order chi connectivity index (χ0) is 19.3. The lowest BCUT2D eigenvalue weighted by molar-refractivity contribution is -0.385. The Morgan fingerprint density at radius 2 is 1.84 bits per heavy atom. The molecule has 0 unspecified atom stereocenters. The number of phenols is 1. The predicted octanol–water partition coefficient (Wildman–Crippen LogP) is 1.96. The highest BCUT2D eigenvalue weighted by Crippen LogP contribution is 2.39.